The summed E-state index contributed by atoms with van der Waals surface area (Å²) in [7, 11) is 0. The summed E-state index contributed by atoms with van der Waals surface area (Å²) >= 11 is 2.28. The minimum atomic E-state index is 0.845. The van der Waals surface area contributed by atoms with Crippen LogP contribution in [0.4, 0.5) is 0 Å². The average molecular weight is 297 g/mol. The Bertz CT molecular complexity index is 417. The van der Waals surface area contributed by atoms with Crippen LogP contribution >= 0.6 is 22.6 Å². The van der Waals surface area contributed by atoms with Crippen molar-refractivity contribution in [2.75, 3.05) is 0 Å². The average Bonchev–Trinajstić information content (AvgIpc) is 2.30. The minimum Gasteiger partial charge on any atom is -0.257 e. The molecule has 0 aliphatic heterocycles. The highest BCUT2D eigenvalue weighted by molar-refractivity contribution is 14.1. The van der Waals surface area contributed by atoms with E-state index in [0.717, 1.165) is 21.5 Å². The standard InChI is InChI=1S/C10H8IN3/c11-7-9-10(14-6-5-13-9)8-3-1-2-4-12-8/h1-6H,7H2. The van der Waals surface area contributed by atoms with Crippen LogP contribution in [0.5, 0.6) is 0 Å². The lowest BCUT2D eigenvalue weighted by Gasteiger charge is -2.02. The summed E-state index contributed by atoms with van der Waals surface area (Å²) in [5.74, 6) is 0. The topological polar surface area (TPSA) is 38.7 Å². The number of nitrogens with zero attached hydrogens (tertiary/aromatic N) is 3. The number of rotatable bonds is 2. The zero-order chi connectivity index (χ0) is 9.80. The third-order valence-corrected chi connectivity index (χ3v) is 2.53. The number of hydrogen-bond acceptors (Lipinski definition) is 3. The van der Waals surface area contributed by atoms with E-state index in [1.54, 1.807) is 18.6 Å². The first-order valence-corrected chi connectivity index (χ1v) is 5.71. The molecule has 0 aliphatic carbocycles. The van der Waals surface area contributed by atoms with Crippen molar-refractivity contribution < 1.29 is 0 Å². The first-order valence-electron chi connectivity index (χ1n) is 4.19. The van der Waals surface area contributed by atoms with E-state index in [2.05, 4.69) is 37.5 Å². The van der Waals surface area contributed by atoms with E-state index < -0.39 is 0 Å². The van der Waals surface area contributed by atoms with Crippen molar-refractivity contribution in [3.8, 4) is 11.4 Å². The summed E-state index contributed by atoms with van der Waals surface area (Å²) < 4.78 is 0.845. The smallest absolute Gasteiger partial charge is 0.111 e. The largest absolute Gasteiger partial charge is 0.257 e. The van der Waals surface area contributed by atoms with Crippen LogP contribution in [0.15, 0.2) is 36.8 Å². The van der Waals surface area contributed by atoms with Crippen molar-refractivity contribution in [1.29, 1.82) is 0 Å². The number of halogens is 1. The van der Waals surface area contributed by atoms with Gasteiger partial charge in [0.2, 0.25) is 0 Å². The van der Waals surface area contributed by atoms with Gasteiger partial charge in [0.25, 0.3) is 0 Å². The number of aromatic nitrogens is 3. The van der Waals surface area contributed by atoms with Crippen LogP contribution in [0.3, 0.4) is 0 Å². The van der Waals surface area contributed by atoms with E-state index in [-0.39, 0.29) is 0 Å². The second kappa shape index (κ2) is 4.45. The maximum Gasteiger partial charge on any atom is 0.111 e. The van der Waals surface area contributed by atoms with Crippen molar-refractivity contribution >= 4 is 22.6 Å². The third-order valence-electron chi connectivity index (χ3n) is 1.81. The van der Waals surface area contributed by atoms with Gasteiger partial charge in [-0.2, -0.15) is 0 Å². The Hall–Kier alpha value is -1.04. The SMILES string of the molecule is ICc1nccnc1-c1ccccn1. The van der Waals surface area contributed by atoms with Crippen LogP contribution < -0.4 is 0 Å². The van der Waals surface area contributed by atoms with Gasteiger partial charge < -0.3 is 0 Å². The lowest BCUT2D eigenvalue weighted by Crippen LogP contribution is -1.94. The van der Waals surface area contributed by atoms with Crippen molar-refractivity contribution in [2.24, 2.45) is 0 Å². The summed E-state index contributed by atoms with van der Waals surface area (Å²) in [6, 6.07) is 5.79. The molecule has 0 unspecified atom stereocenters. The predicted octanol–water partition coefficient (Wildman–Crippen LogP) is 2.47. The van der Waals surface area contributed by atoms with Gasteiger partial charge in [0.1, 0.15) is 5.69 Å². The van der Waals surface area contributed by atoms with Crippen molar-refractivity contribution in [2.45, 2.75) is 4.43 Å². The quantitative estimate of drug-likeness (QED) is 0.631. The van der Waals surface area contributed by atoms with E-state index in [0.29, 0.717) is 0 Å². The molecular weight excluding hydrogens is 289 g/mol. The fourth-order valence-corrected chi connectivity index (χ4v) is 1.74. The molecule has 2 aromatic heterocycles. The second-order valence-corrected chi connectivity index (χ2v) is 3.46. The Morgan fingerprint density at radius 3 is 2.57 bits per heavy atom. The molecule has 2 heterocycles. The van der Waals surface area contributed by atoms with Crippen molar-refractivity contribution in [1.82, 2.24) is 15.0 Å². The van der Waals surface area contributed by atoms with Gasteiger partial charge in [-0.3, -0.25) is 15.0 Å². The molecule has 0 aliphatic rings. The fourth-order valence-electron chi connectivity index (χ4n) is 1.18. The first-order chi connectivity index (χ1) is 6.92. The Labute approximate surface area is 95.8 Å². The van der Waals surface area contributed by atoms with Crippen molar-refractivity contribution in [3.63, 3.8) is 0 Å². The van der Waals surface area contributed by atoms with Crippen LogP contribution in [0.1, 0.15) is 5.69 Å². The summed E-state index contributed by atoms with van der Waals surface area (Å²) in [5, 5.41) is 0. The van der Waals surface area contributed by atoms with E-state index >= 15 is 0 Å². The van der Waals surface area contributed by atoms with Crippen LogP contribution in [0.2, 0.25) is 0 Å². The Morgan fingerprint density at radius 1 is 1.00 bits per heavy atom. The lowest BCUT2D eigenvalue weighted by atomic mass is 10.2. The maximum atomic E-state index is 4.29. The summed E-state index contributed by atoms with van der Waals surface area (Å²) in [6.07, 6.45) is 5.17. The Balaban J connectivity index is 2.51. The van der Waals surface area contributed by atoms with E-state index in [1.165, 1.54) is 0 Å². The normalized spacial score (nSPS) is 10.1. The predicted molar refractivity (Wildman–Crippen MR) is 63.0 cm³/mol. The van der Waals surface area contributed by atoms with Crippen molar-refractivity contribution in [3.05, 3.63) is 42.5 Å². The van der Waals surface area contributed by atoms with Crippen LogP contribution in [0, 0.1) is 0 Å². The molecule has 14 heavy (non-hydrogen) atoms. The molecule has 4 heteroatoms. The molecule has 0 N–H and O–H groups in total. The van der Waals surface area contributed by atoms with E-state index in [1.807, 2.05) is 18.2 Å². The molecule has 2 aromatic rings. The summed E-state index contributed by atoms with van der Waals surface area (Å²) in [5.41, 5.74) is 2.74. The van der Waals surface area contributed by atoms with Gasteiger partial charge in [-0.25, -0.2) is 0 Å². The van der Waals surface area contributed by atoms with E-state index in [9.17, 15) is 0 Å². The van der Waals surface area contributed by atoms with Gasteiger partial charge in [-0.05, 0) is 12.1 Å². The first kappa shape index (κ1) is 9.51. The molecule has 0 spiro atoms. The molecule has 0 fully saturated rings. The highest BCUT2D eigenvalue weighted by Gasteiger charge is 2.06. The van der Waals surface area contributed by atoms with Gasteiger partial charge >= 0.3 is 0 Å². The van der Waals surface area contributed by atoms with E-state index in [4.69, 9.17) is 0 Å². The fraction of sp³-hybridized carbons (Fsp3) is 0.100. The van der Waals surface area contributed by atoms with Crippen LogP contribution in [-0.4, -0.2) is 15.0 Å². The molecule has 2 rings (SSSR count). The zero-order valence-electron chi connectivity index (χ0n) is 7.39. The number of alkyl halides is 1. The van der Waals surface area contributed by atoms with Gasteiger partial charge in [-0.15, -0.1) is 0 Å². The third kappa shape index (κ3) is 1.89. The number of hydrogen-bond donors (Lipinski definition) is 0. The highest BCUT2D eigenvalue weighted by atomic mass is 127. The Kier molecular flexibility index (Phi) is 3.03. The molecule has 0 atom stereocenters. The molecule has 0 aromatic carbocycles. The summed E-state index contributed by atoms with van der Waals surface area (Å²) in [4.78, 5) is 12.8. The van der Waals surface area contributed by atoms with Gasteiger partial charge in [0.05, 0.1) is 11.4 Å². The van der Waals surface area contributed by atoms with Crippen LogP contribution in [-0.2, 0) is 4.43 Å². The molecule has 70 valence electrons. The monoisotopic (exact) mass is 297 g/mol. The summed E-state index contributed by atoms with van der Waals surface area (Å²) in [6.45, 7) is 0. The van der Waals surface area contributed by atoms with Crippen LogP contribution in [0.25, 0.3) is 11.4 Å². The Morgan fingerprint density at radius 2 is 1.86 bits per heavy atom. The molecule has 0 amide bonds. The maximum absolute atomic E-state index is 4.29. The molecule has 0 bridgehead atoms. The zero-order valence-corrected chi connectivity index (χ0v) is 9.55. The second-order valence-electron chi connectivity index (χ2n) is 2.70. The highest BCUT2D eigenvalue weighted by Crippen LogP contribution is 2.18. The lowest BCUT2D eigenvalue weighted by molar-refractivity contribution is 1.10. The molecule has 0 radical (unpaired) electrons. The van der Waals surface area contributed by atoms with Gasteiger partial charge in [-0.1, -0.05) is 28.7 Å². The molecule has 0 saturated carbocycles. The minimum absolute atomic E-state index is 0.845. The van der Waals surface area contributed by atoms with Gasteiger partial charge in [0.15, 0.2) is 0 Å². The number of pyridine rings is 1. The molecular formula is C10H8IN3. The van der Waals surface area contributed by atoms with Gasteiger partial charge in [0, 0.05) is 23.0 Å². The molecule has 3 nitrogen and oxygen atoms in total. The molecule has 0 saturated heterocycles.